The molecule has 1 unspecified atom stereocenters. The maximum Gasteiger partial charge on any atom is 0.243 e. The van der Waals surface area contributed by atoms with E-state index < -0.39 is 15.8 Å². The number of rotatable bonds is 3. The predicted octanol–water partition coefficient (Wildman–Crippen LogP) is 1.89. The van der Waals surface area contributed by atoms with Crippen molar-refractivity contribution in [2.45, 2.75) is 38.1 Å². The molecule has 124 valence electrons. The topological polar surface area (TPSA) is 72.6 Å². The van der Waals surface area contributed by atoms with Crippen LogP contribution in [-0.4, -0.2) is 39.0 Å². The minimum absolute atomic E-state index is 0.0166. The lowest BCUT2D eigenvalue weighted by Gasteiger charge is -2.41. The molecule has 7 heteroatoms. The third-order valence-electron chi connectivity index (χ3n) is 4.42. The van der Waals surface area contributed by atoms with Gasteiger partial charge in [-0.1, -0.05) is 13.8 Å². The Balaban J connectivity index is 2.42. The predicted molar refractivity (Wildman–Crippen MR) is 82.8 cm³/mol. The molecule has 1 aromatic carbocycles. The van der Waals surface area contributed by atoms with Crippen molar-refractivity contribution in [3.8, 4) is 5.75 Å². The molecule has 2 N–H and O–H groups in total. The minimum Gasteiger partial charge on any atom is -0.494 e. The maximum atomic E-state index is 14.1. The number of nitrogens with two attached hydrogens (primary N) is 1. The number of ether oxygens (including phenoxy) is 1. The van der Waals surface area contributed by atoms with Crippen LogP contribution in [0.25, 0.3) is 0 Å². The van der Waals surface area contributed by atoms with E-state index in [9.17, 15) is 12.8 Å². The molecule has 2 rings (SSSR count). The highest BCUT2D eigenvalue weighted by Gasteiger charge is 2.39. The molecule has 0 amide bonds. The van der Waals surface area contributed by atoms with E-state index in [4.69, 9.17) is 10.5 Å². The first-order chi connectivity index (χ1) is 10.1. The summed E-state index contributed by atoms with van der Waals surface area (Å²) in [5, 5.41) is 0. The minimum atomic E-state index is -3.75. The molecule has 22 heavy (non-hydrogen) atoms. The SMILES string of the molecule is COc1ccc(S(=O)(=O)N2CCC(N)C(C)(C)C2)c(C)c1F. The standard InChI is InChI=1S/C15H23FN2O3S/c1-10-12(6-5-11(21-4)14(10)16)22(19,20)18-8-7-13(17)15(2,3)9-18/h5-6,13H,7-9,17H2,1-4H3. The van der Waals surface area contributed by atoms with Crippen molar-refractivity contribution in [2.75, 3.05) is 20.2 Å². The third-order valence-corrected chi connectivity index (χ3v) is 6.41. The van der Waals surface area contributed by atoms with Crippen molar-refractivity contribution < 1.29 is 17.5 Å². The summed E-state index contributed by atoms with van der Waals surface area (Å²) in [5.74, 6) is -0.603. The zero-order chi connectivity index (χ0) is 16.7. The van der Waals surface area contributed by atoms with Gasteiger partial charge in [0.1, 0.15) is 0 Å². The summed E-state index contributed by atoms with van der Waals surface area (Å²) in [6.07, 6.45) is 0.587. The van der Waals surface area contributed by atoms with Gasteiger partial charge < -0.3 is 10.5 Å². The number of hydrogen-bond donors (Lipinski definition) is 1. The van der Waals surface area contributed by atoms with Gasteiger partial charge in [-0.25, -0.2) is 12.8 Å². The Bertz CT molecular complexity index is 674. The number of sulfonamides is 1. The second-order valence-electron chi connectivity index (χ2n) is 6.43. The fraction of sp³-hybridized carbons (Fsp3) is 0.600. The molecule has 0 aromatic heterocycles. The average molecular weight is 330 g/mol. The molecule has 1 aromatic rings. The molecule has 1 fully saturated rings. The highest BCUT2D eigenvalue weighted by atomic mass is 32.2. The Hall–Kier alpha value is -1.18. The second kappa shape index (κ2) is 5.79. The summed E-state index contributed by atoms with van der Waals surface area (Å²) in [7, 11) is -2.40. The Morgan fingerprint density at radius 3 is 2.59 bits per heavy atom. The molecule has 1 aliphatic heterocycles. The Morgan fingerprint density at radius 1 is 1.41 bits per heavy atom. The van der Waals surface area contributed by atoms with Gasteiger partial charge in [0.15, 0.2) is 11.6 Å². The molecule has 1 atom stereocenters. The number of halogens is 1. The fourth-order valence-electron chi connectivity index (χ4n) is 2.75. The zero-order valence-electron chi connectivity index (χ0n) is 13.4. The highest BCUT2D eigenvalue weighted by Crippen LogP contribution is 2.33. The van der Waals surface area contributed by atoms with E-state index in [0.29, 0.717) is 19.5 Å². The van der Waals surface area contributed by atoms with Gasteiger partial charge in [0, 0.05) is 24.7 Å². The Kier molecular flexibility index (Phi) is 4.52. The first-order valence-electron chi connectivity index (χ1n) is 7.20. The highest BCUT2D eigenvalue weighted by molar-refractivity contribution is 7.89. The van der Waals surface area contributed by atoms with Gasteiger partial charge in [0.25, 0.3) is 0 Å². The smallest absolute Gasteiger partial charge is 0.243 e. The van der Waals surface area contributed by atoms with Crippen LogP contribution >= 0.6 is 0 Å². The van der Waals surface area contributed by atoms with E-state index in [2.05, 4.69) is 0 Å². The lowest BCUT2D eigenvalue weighted by atomic mass is 9.81. The molecule has 5 nitrogen and oxygen atoms in total. The largest absolute Gasteiger partial charge is 0.494 e. The molecule has 0 bridgehead atoms. The lowest BCUT2D eigenvalue weighted by molar-refractivity contribution is 0.155. The molecule has 0 saturated carbocycles. The summed E-state index contributed by atoms with van der Waals surface area (Å²) in [4.78, 5) is -0.0166. The van der Waals surface area contributed by atoms with Gasteiger partial charge in [-0.2, -0.15) is 4.31 Å². The van der Waals surface area contributed by atoms with Crippen LogP contribution in [0, 0.1) is 18.2 Å². The quantitative estimate of drug-likeness (QED) is 0.918. The molecular formula is C15H23FN2O3S. The van der Waals surface area contributed by atoms with Crippen LogP contribution < -0.4 is 10.5 Å². The molecule has 0 radical (unpaired) electrons. The van der Waals surface area contributed by atoms with Crippen molar-refractivity contribution in [1.29, 1.82) is 0 Å². The number of piperidine rings is 1. The van der Waals surface area contributed by atoms with E-state index in [1.54, 1.807) is 0 Å². The van der Waals surface area contributed by atoms with Gasteiger partial charge in [-0.3, -0.25) is 0 Å². The van der Waals surface area contributed by atoms with Gasteiger partial charge in [-0.15, -0.1) is 0 Å². The molecule has 1 saturated heterocycles. The number of nitrogens with zero attached hydrogens (tertiary/aromatic N) is 1. The lowest BCUT2D eigenvalue weighted by Crippen LogP contribution is -2.53. The van der Waals surface area contributed by atoms with Crippen LogP contribution in [0.3, 0.4) is 0 Å². The normalized spacial score (nSPS) is 22.5. The van der Waals surface area contributed by atoms with Crippen molar-refractivity contribution in [3.05, 3.63) is 23.5 Å². The van der Waals surface area contributed by atoms with Crippen LogP contribution in [0.15, 0.2) is 17.0 Å². The van der Waals surface area contributed by atoms with Crippen LogP contribution in [0.5, 0.6) is 5.75 Å². The zero-order valence-corrected chi connectivity index (χ0v) is 14.2. The van der Waals surface area contributed by atoms with Gasteiger partial charge in [0.05, 0.1) is 12.0 Å². The van der Waals surface area contributed by atoms with Gasteiger partial charge in [-0.05, 0) is 30.9 Å². The summed E-state index contributed by atoms with van der Waals surface area (Å²) >= 11 is 0. The molecule has 1 aliphatic rings. The van der Waals surface area contributed by atoms with Crippen LogP contribution in [0.1, 0.15) is 25.8 Å². The third kappa shape index (κ3) is 2.85. The van der Waals surface area contributed by atoms with Gasteiger partial charge >= 0.3 is 0 Å². The van der Waals surface area contributed by atoms with Crippen molar-refractivity contribution in [1.82, 2.24) is 4.31 Å². The van der Waals surface area contributed by atoms with Crippen molar-refractivity contribution in [3.63, 3.8) is 0 Å². The van der Waals surface area contributed by atoms with E-state index in [1.807, 2.05) is 13.8 Å². The van der Waals surface area contributed by atoms with Gasteiger partial charge in [0.2, 0.25) is 10.0 Å². The Labute approximate surface area is 131 Å². The Morgan fingerprint density at radius 2 is 2.05 bits per heavy atom. The van der Waals surface area contributed by atoms with E-state index >= 15 is 0 Å². The van der Waals surface area contributed by atoms with Crippen LogP contribution in [-0.2, 0) is 10.0 Å². The number of hydrogen-bond acceptors (Lipinski definition) is 4. The van der Waals surface area contributed by atoms with Crippen molar-refractivity contribution in [2.24, 2.45) is 11.1 Å². The van der Waals surface area contributed by atoms with Crippen LogP contribution in [0.2, 0.25) is 0 Å². The van der Waals surface area contributed by atoms with E-state index in [0.717, 1.165) is 0 Å². The summed E-state index contributed by atoms with van der Waals surface area (Å²) in [6, 6.07) is 2.69. The number of benzene rings is 1. The first-order valence-corrected chi connectivity index (χ1v) is 8.64. The molecule has 1 heterocycles. The van der Waals surface area contributed by atoms with Crippen LogP contribution in [0.4, 0.5) is 4.39 Å². The van der Waals surface area contributed by atoms with Crippen molar-refractivity contribution >= 4 is 10.0 Å². The van der Waals surface area contributed by atoms with E-state index in [1.165, 1.54) is 30.5 Å². The number of methoxy groups -OCH3 is 1. The summed E-state index contributed by atoms with van der Waals surface area (Å²) in [5.41, 5.74) is 5.81. The second-order valence-corrected chi connectivity index (χ2v) is 8.33. The molecular weight excluding hydrogens is 307 g/mol. The summed E-state index contributed by atoms with van der Waals surface area (Å²) < 4.78 is 46.1. The molecule has 0 spiro atoms. The fourth-order valence-corrected chi connectivity index (χ4v) is 4.59. The summed E-state index contributed by atoms with van der Waals surface area (Å²) in [6.45, 7) is 6.01. The monoisotopic (exact) mass is 330 g/mol. The maximum absolute atomic E-state index is 14.1. The molecule has 0 aliphatic carbocycles. The average Bonchev–Trinajstić information content (AvgIpc) is 2.44. The first kappa shape index (κ1) is 17.2. The van der Waals surface area contributed by atoms with E-state index in [-0.39, 0.29) is 27.7 Å².